The summed E-state index contributed by atoms with van der Waals surface area (Å²) in [4.78, 5) is 40.4. The van der Waals surface area contributed by atoms with Crippen molar-refractivity contribution in [1.82, 2.24) is 10.2 Å². The summed E-state index contributed by atoms with van der Waals surface area (Å²) in [5.74, 6) is -0.0931. The lowest BCUT2D eigenvalue weighted by Crippen LogP contribution is -2.58. The van der Waals surface area contributed by atoms with Crippen molar-refractivity contribution in [3.63, 3.8) is 0 Å². The molecule has 0 saturated carbocycles. The average Bonchev–Trinajstić information content (AvgIpc) is 2.52. The zero-order chi connectivity index (χ0) is 15.7. The van der Waals surface area contributed by atoms with Crippen molar-refractivity contribution in [3.8, 4) is 0 Å². The molecule has 0 bridgehead atoms. The molecule has 0 unspecified atom stereocenters. The molecule has 2 aliphatic heterocycles. The molecule has 22 heavy (non-hydrogen) atoms. The van der Waals surface area contributed by atoms with Crippen LogP contribution in [0.5, 0.6) is 0 Å². The van der Waals surface area contributed by atoms with Gasteiger partial charge in [-0.15, -0.1) is 11.8 Å². The molecule has 1 fully saturated rings. The van der Waals surface area contributed by atoms with Crippen LogP contribution in [0, 0.1) is 0 Å². The van der Waals surface area contributed by atoms with E-state index in [9.17, 15) is 14.4 Å². The summed E-state index contributed by atoms with van der Waals surface area (Å²) >= 11 is 1.48. The third kappa shape index (κ3) is 2.68. The number of amides is 3. The number of fused-ring (bicyclic) bond motifs is 1. The molecule has 6 nitrogen and oxygen atoms in total. The summed E-state index contributed by atoms with van der Waals surface area (Å²) in [6.07, 6.45) is 0. The van der Waals surface area contributed by atoms with Crippen LogP contribution in [-0.4, -0.2) is 54.1 Å². The van der Waals surface area contributed by atoms with Gasteiger partial charge in [0.2, 0.25) is 17.7 Å². The molecule has 0 radical (unpaired) electrons. The van der Waals surface area contributed by atoms with Crippen LogP contribution in [0.1, 0.15) is 6.92 Å². The number of rotatable bonds is 2. The molecular weight excluding hydrogens is 302 g/mol. The number of anilines is 1. The number of benzene rings is 1. The van der Waals surface area contributed by atoms with Gasteiger partial charge in [-0.3, -0.25) is 14.4 Å². The monoisotopic (exact) mass is 319 g/mol. The van der Waals surface area contributed by atoms with Gasteiger partial charge in [0.25, 0.3) is 0 Å². The smallest absolute Gasteiger partial charge is 0.243 e. The molecule has 2 aliphatic rings. The molecular formula is C15H17N3O3S. The molecule has 2 heterocycles. The van der Waals surface area contributed by atoms with Gasteiger partial charge in [-0.1, -0.05) is 12.1 Å². The zero-order valence-corrected chi connectivity index (χ0v) is 13.1. The van der Waals surface area contributed by atoms with E-state index in [1.807, 2.05) is 24.3 Å². The highest BCUT2D eigenvalue weighted by Crippen LogP contribution is 2.34. The number of carbonyl (C=O) groups excluding carboxylic acids is 3. The molecule has 7 heteroatoms. The van der Waals surface area contributed by atoms with E-state index in [4.69, 9.17) is 0 Å². The van der Waals surface area contributed by atoms with E-state index in [0.29, 0.717) is 18.8 Å². The van der Waals surface area contributed by atoms with Crippen molar-refractivity contribution >= 4 is 35.2 Å². The van der Waals surface area contributed by atoms with Gasteiger partial charge in [-0.2, -0.15) is 0 Å². The SMILES string of the molecule is C[C@@H]1C(=O)NCCN1C(=O)CN1C(=O)CSc2ccccc21. The predicted molar refractivity (Wildman–Crippen MR) is 83.7 cm³/mol. The predicted octanol–water partition coefficient (Wildman–Crippen LogP) is 0.472. The summed E-state index contributed by atoms with van der Waals surface area (Å²) in [7, 11) is 0. The van der Waals surface area contributed by atoms with E-state index in [1.165, 1.54) is 21.6 Å². The Balaban J connectivity index is 1.79. The van der Waals surface area contributed by atoms with Crippen LogP contribution < -0.4 is 10.2 Å². The Labute approximate surface area is 132 Å². The number of hydrogen-bond donors (Lipinski definition) is 1. The Hall–Kier alpha value is -2.02. The Morgan fingerprint density at radius 1 is 1.36 bits per heavy atom. The molecule has 0 aromatic heterocycles. The second-order valence-electron chi connectivity index (χ2n) is 5.29. The second-order valence-corrected chi connectivity index (χ2v) is 6.31. The van der Waals surface area contributed by atoms with E-state index < -0.39 is 6.04 Å². The lowest BCUT2D eigenvalue weighted by Gasteiger charge is -2.35. The van der Waals surface area contributed by atoms with Crippen molar-refractivity contribution in [2.45, 2.75) is 17.9 Å². The molecule has 1 N–H and O–H groups in total. The molecule has 1 atom stereocenters. The second kappa shape index (κ2) is 6.00. The van der Waals surface area contributed by atoms with Crippen LogP contribution in [0.2, 0.25) is 0 Å². The van der Waals surface area contributed by atoms with Crippen LogP contribution in [-0.2, 0) is 14.4 Å². The molecule has 116 valence electrons. The lowest BCUT2D eigenvalue weighted by molar-refractivity contribution is -0.141. The van der Waals surface area contributed by atoms with Crippen LogP contribution in [0.3, 0.4) is 0 Å². The lowest BCUT2D eigenvalue weighted by atomic mass is 10.2. The van der Waals surface area contributed by atoms with Crippen molar-refractivity contribution in [2.75, 3.05) is 30.3 Å². The van der Waals surface area contributed by atoms with E-state index >= 15 is 0 Å². The maximum absolute atomic E-state index is 12.5. The molecule has 1 saturated heterocycles. The standard InChI is InChI=1S/C15H17N3O3S/c1-10-15(21)16-6-7-17(10)13(19)8-18-11-4-2-3-5-12(11)22-9-14(18)20/h2-5,10H,6-9H2,1H3,(H,16,21)/t10-/m1/s1. The van der Waals surface area contributed by atoms with Crippen molar-refractivity contribution in [2.24, 2.45) is 0 Å². The van der Waals surface area contributed by atoms with Gasteiger partial charge in [0.1, 0.15) is 12.6 Å². The summed E-state index contributed by atoms with van der Waals surface area (Å²) in [6, 6.07) is 7.07. The number of para-hydroxylation sites is 1. The van der Waals surface area contributed by atoms with Gasteiger partial charge in [0.05, 0.1) is 11.4 Å². The number of thioether (sulfide) groups is 1. The van der Waals surface area contributed by atoms with E-state index in [-0.39, 0.29) is 24.3 Å². The van der Waals surface area contributed by atoms with Gasteiger partial charge in [0.15, 0.2) is 0 Å². The summed E-state index contributed by atoms with van der Waals surface area (Å²) in [5.41, 5.74) is 0.770. The first-order valence-corrected chi connectivity index (χ1v) is 8.16. The van der Waals surface area contributed by atoms with E-state index in [0.717, 1.165) is 10.6 Å². The minimum absolute atomic E-state index is 0.0198. The van der Waals surface area contributed by atoms with Crippen molar-refractivity contribution in [3.05, 3.63) is 24.3 Å². The molecule has 1 aromatic rings. The van der Waals surface area contributed by atoms with Crippen LogP contribution in [0.15, 0.2) is 29.2 Å². The Morgan fingerprint density at radius 3 is 2.95 bits per heavy atom. The van der Waals surface area contributed by atoms with Gasteiger partial charge in [-0.05, 0) is 19.1 Å². The number of hydrogen-bond acceptors (Lipinski definition) is 4. The fourth-order valence-corrected chi connectivity index (χ4v) is 3.61. The first kappa shape index (κ1) is 14.9. The average molecular weight is 319 g/mol. The highest BCUT2D eigenvalue weighted by Gasteiger charge is 2.33. The van der Waals surface area contributed by atoms with Crippen LogP contribution in [0.25, 0.3) is 0 Å². The van der Waals surface area contributed by atoms with E-state index in [1.54, 1.807) is 6.92 Å². The van der Waals surface area contributed by atoms with Crippen LogP contribution >= 0.6 is 11.8 Å². The Morgan fingerprint density at radius 2 is 2.14 bits per heavy atom. The Bertz CT molecular complexity index is 634. The molecule has 0 aliphatic carbocycles. The number of nitrogens with zero attached hydrogens (tertiary/aromatic N) is 2. The minimum Gasteiger partial charge on any atom is -0.353 e. The summed E-state index contributed by atoms with van der Waals surface area (Å²) in [5, 5.41) is 2.73. The number of nitrogens with one attached hydrogen (secondary N) is 1. The molecule has 3 amide bonds. The first-order chi connectivity index (χ1) is 10.6. The number of piperazine rings is 1. The first-order valence-electron chi connectivity index (χ1n) is 7.17. The van der Waals surface area contributed by atoms with Gasteiger partial charge in [-0.25, -0.2) is 0 Å². The van der Waals surface area contributed by atoms with Crippen molar-refractivity contribution < 1.29 is 14.4 Å². The zero-order valence-electron chi connectivity index (χ0n) is 12.2. The normalized spacial score (nSPS) is 21.4. The minimum atomic E-state index is -0.495. The molecule has 3 rings (SSSR count). The number of carbonyl (C=O) groups is 3. The summed E-state index contributed by atoms with van der Waals surface area (Å²) in [6.45, 7) is 2.61. The molecule has 0 spiro atoms. The fourth-order valence-electron chi connectivity index (χ4n) is 2.68. The van der Waals surface area contributed by atoms with Crippen LogP contribution in [0.4, 0.5) is 5.69 Å². The highest BCUT2D eigenvalue weighted by molar-refractivity contribution is 8.00. The topological polar surface area (TPSA) is 69.7 Å². The fraction of sp³-hybridized carbons (Fsp3) is 0.400. The Kier molecular flexibility index (Phi) is 4.06. The third-order valence-corrected chi connectivity index (χ3v) is 4.97. The third-order valence-electron chi connectivity index (χ3n) is 3.92. The maximum Gasteiger partial charge on any atom is 0.243 e. The summed E-state index contributed by atoms with van der Waals surface area (Å²) < 4.78 is 0. The molecule has 1 aromatic carbocycles. The highest BCUT2D eigenvalue weighted by atomic mass is 32.2. The maximum atomic E-state index is 12.5. The van der Waals surface area contributed by atoms with Gasteiger partial charge >= 0.3 is 0 Å². The van der Waals surface area contributed by atoms with Crippen molar-refractivity contribution in [1.29, 1.82) is 0 Å². The largest absolute Gasteiger partial charge is 0.353 e. The quantitative estimate of drug-likeness (QED) is 0.860. The van der Waals surface area contributed by atoms with Gasteiger partial charge < -0.3 is 15.1 Å². The van der Waals surface area contributed by atoms with Gasteiger partial charge in [0, 0.05) is 18.0 Å². The van der Waals surface area contributed by atoms with E-state index in [2.05, 4.69) is 5.32 Å².